The fourth-order valence-corrected chi connectivity index (χ4v) is 8.66. The summed E-state index contributed by atoms with van der Waals surface area (Å²) in [5.41, 5.74) is 14.2. The molecule has 2 nitrogen and oxygen atoms in total. The molecule has 0 amide bonds. The van der Waals surface area contributed by atoms with Crippen molar-refractivity contribution in [2.24, 2.45) is 0 Å². The Kier molecular flexibility index (Phi) is 10.0. The van der Waals surface area contributed by atoms with Crippen LogP contribution in [0.2, 0.25) is 0 Å². The molecule has 1 aromatic heterocycles. The lowest BCUT2D eigenvalue weighted by Crippen LogP contribution is -2.13. The van der Waals surface area contributed by atoms with Crippen molar-refractivity contribution in [3.05, 3.63) is 237 Å². The molecule has 0 spiro atoms. The molecular weight excluding hydrogens is 739 g/mol. The highest BCUT2D eigenvalue weighted by Crippen LogP contribution is 2.49. The first-order valence-corrected chi connectivity index (χ1v) is 20.8. The highest BCUT2D eigenvalue weighted by Gasteiger charge is 2.24. The fourth-order valence-electron chi connectivity index (χ4n) is 8.66. The van der Waals surface area contributed by atoms with Gasteiger partial charge in [-0.25, -0.2) is 0 Å². The standard InChI is InChI=1S/C56H37NO.C3H6/c1-4-15-38(16-5-1)44-36-52(39-17-6-2-7-18-39)55(53(37-44)40-19-8-3-9-20-40)57(46-33-34-48-43(35-46)28-27-41-21-10-11-22-47(41)48)45-31-29-42(30-32-45)49-24-14-25-51-50-23-12-13-26-54(50)58-56(49)51;1-3-2/h1-37H;3H,1H2,2H3. The summed E-state index contributed by atoms with van der Waals surface area (Å²) >= 11 is 0. The molecule has 0 atom stereocenters. The van der Waals surface area contributed by atoms with E-state index in [0.29, 0.717) is 0 Å². The minimum absolute atomic E-state index is 0.901. The van der Waals surface area contributed by atoms with Gasteiger partial charge >= 0.3 is 0 Å². The van der Waals surface area contributed by atoms with E-state index >= 15 is 0 Å². The third-order valence-electron chi connectivity index (χ3n) is 11.4. The molecule has 61 heavy (non-hydrogen) atoms. The summed E-state index contributed by atoms with van der Waals surface area (Å²) in [6.07, 6.45) is 1.75. The third-order valence-corrected chi connectivity index (χ3v) is 11.4. The Morgan fingerprint density at radius 2 is 0.885 bits per heavy atom. The van der Waals surface area contributed by atoms with Gasteiger partial charge in [-0.2, -0.15) is 0 Å². The van der Waals surface area contributed by atoms with Crippen molar-refractivity contribution in [2.75, 3.05) is 4.90 Å². The van der Waals surface area contributed by atoms with Crippen LogP contribution in [0.15, 0.2) is 242 Å². The van der Waals surface area contributed by atoms with E-state index in [1.165, 1.54) is 32.7 Å². The second kappa shape index (κ2) is 16.4. The molecule has 0 fully saturated rings. The lowest BCUT2D eigenvalue weighted by molar-refractivity contribution is 0.670. The van der Waals surface area contributed by atoms with Gasteiger partial charge in [-0.3, -0.25) is 0 Å². The number of rotatable bonds is 7. The van der Waals surface area contributed by atoms with E-state index in [2.05, 4.69) is 224 Å². The number of fused-ring (bicyclic) bond motifs is 6. The normalized spacial score (nSPS) is 11.1. The molecule has 0 saturated carbocycles. The number of para-hydroxylation sites is 2. The predicted octanol–water partition coefficient (Wildman–Crippen LogP) is 17.2. The largest absolute Gasteiger partial charge is 0.455 e. The maximum atomic E-state index is 6.49. The molecule has 0 radical (unpaired) electrons. The van der Waals surface area contributed by atoms with Crippen LogP contribution in [0, 0.1) is 0 Å². The molecule has 11 aromatic rings. The number of benzene rings is 10. The highest BCUT2D eigenvalue weighted by atomic mass is 16.3. The third kappa shape index (κ3) is 7.05. The molecule has 0 saturated heterocycles. The van der Waals surface area contributed by atoms with Crippen LogP contribution in [0.3, 0.4) is 0 Å². The van der Waals surface area contributed by atoms with Gasteiger partial charge in [-0.05, 0) is 98.8 Å². The second-order valence-electron chi connectivity index (χ2n) is 15.3. The Labute approximate surface area is 356 Å². The quantitative estimate of drug-likeness (QED) is 0.118. The van der Waals surface area contributed by atoms with Gasteiger partial charge in [0.2, 0.25) is 0 Å². The summed E-state index contributed by atoms with van der Waals surface area (Å²) in [6, 6.07) is 80.9. The van der Waals surface area contributed by atoms with Gasteiger partial charge < -0.3 is 9.32 Å². The van der Waals surface area contributed by atoms with E-state index in [0.717, 1.165) is 72.4 Å². The molecule has 0 aliphatic carbocycles. The Hall–Kier alpha value is -7.94. The van der Waals surface area contributed by atoms with E-state index in [-0.39, 0.29) is 0 Å². The molecule has 0 unspecified atom stereocenters. The summed E-state index contributed by atoms with van der Waals surface area (Å²) in [5, 5.41) is 7.18. The number of anilines is 3. The zero-order chi connectivity index (χ0) is 41.1. The van der Waals surface area contributed by atoms with Crippen molar-refractivity contribution < 1.29 is 4.42 Å². The minimum atomic E-state index is 0.901. The molecular formula is C59H43NO. The van der Waals surface area contributed by atoms with Gasteiger partial charge in [0.15, 0.2) is 0 Å². The first-order chi connectivity index (χ1) is 30.2. The lowest BCUT2D eigenvalue weighted by Gasteiger charge is -2.31. The summed E-state index contributed by atoms with van der Waals surface area (Å²) in [4.78, 5) is 2.46. The van der Waals surface area contributed by atoms with Crippen molar-refractivity contribution in [3.63, 3.8) is 0 Å². The van der Waals surface area contributed by atoms with E-state index in [1.54, 1.807) is 6.08 Å². The monoisotopic (exact) mass is 781 g/mol. The SMILES string of the molecule is C=CC.c1ccc(-c2cc(-c3ccccc3)c(N(c3ccc(-c4cccc5c4oc4ccccc45)cc3)c3ccc4c(ccc5ccccc54)c3)c(-c3ccccc3)c2)cc1. The van der Waals surface area contributed by atoms with Crippen LogP contribution in [0.5, 0.6) is 0 Å². The van der Waals surface area contributed by atoms with Crippen molar-refractivity contribution in [3.8, 4) is 44.5 Å². The molecule has 290 valence electrons. The zero-order valence-electron chi connectivity index (χ0n) is 34.0. The zero-order valence-corrected chi connectivity index (χ0v) is 34.0. The molecule has 0 bridgehead atoms. The van der Waals surface area contributed by atoms with Crippen LogP contribution < -0.4 is 4.90 Å². The van der Waals surface area contributed by atoms with Crippen LogP contribution in [0.1, 0.15) is 6.92 Å². The van der Waals surface area contributed by atoms with Crippen LogP contribution in [0.25, 0.3) is 88.0 Å². The molecule has 0 aliphatic heterocycles. The Balaban J connectivity index is 0.00000144. The average Bonchev–Trinajstić information content (AvgIpc) is 3.72. The highest BCUT2D eigenvalue weighted by molar-refractivity contribution is 6.11. The van der Waals surface area contributed by atoms with Gasteiger partial charge in [-0.15, -0.1) is 6.58 Å². The van der Waals surface area contributed by atoms with Crippen LogP contribution in [-0.4, -0.2) is 0 Å². The average molecular weight is 782 g/mol. The van der Waals surface area contributed by atoms with Gasteiger partial charge in [-0.1, -0.05) is 188 Å². The van der Waals surface area contributed by atoms with Gasteiger partial charge in [0.05, 0.1) is 5.69 Å². The first kappa shape index (κ1) is 37.3. The summed E-state index contributed by atoms with van der Waals surface area (Å²) in [7, 11) is 0. The lowest BCUT2D eigenvalue weighted by atomic mass is 9.89. The van der Waals surface area contributed by atoms with Crippen LogP contribution in [-0.2, 0) is 0 Å². The number of hydrogen-bond donors (Lipinski definition) is 0. The molecule has 0 N–H and O–H groups in total. The summed E-state index contributed by atoms with van der Waals surface area (Å²) in [5.74, 6) is 0. The Morgan fingerprint density at radius 1 is 0.377 bits per heavy atom. The molecule has 11 rings (SSSR count). The van der Waals surface area contributed by atoms with Gasteiger partial charge in [0.1, 0.15) is 11.2 Å². The van der Waals surface area contributed by atoms with Crippen molar-refractivity contribution in [2.45, 2.75) is 6.92 Å². The van der Waals surface area contributed by atoms with Crippen LogP contribution in [0.4, 0.5) is 17.1 Å². The molecule has 10 aromatic carbocycles. The van der Waals surface area contributed by atoms with Crippen LogP contribution >= 0.6 is 0 Å². The first-order valence-electron chi connectivity index (χ1n) is 20.8. The van der Waals surface area contributed by atoms with E-state index in [9.17, 15) is 0 Å². The van der Waals surface area contributed by atoms with E-state index in [4.69, 9.17) is 4.42 Å². The fraction of sp³-hybridized carbons (Fsp3) is 0.0169. The van der Waals surface area contributed by atoms with Crippen molar-refractivity contribution >= 4 is 60.5 Å². The number of nitrogens with zero attached hydrogens (tertiary/aromatic N) is 1. The summed E-state index contributed by atoms with van der Waals surface area (Å²) in [6.45, 7) is 5.25. The van der Waals surface area contributed by atoms with Crippen molar-refractivity contribution in [1.82, 2.24) is 0 Å². The molecule has 2 heteroatoms. The number of furan rings is 1. The van der Waals surface area contributed by atoms with E-state index < -0.39 is 0 Å². The number of allylic oxidation sites excluding steroid dienone is 1. The topological polar surface area (TPSA) is 16.4 Å². The predicted molar refractivity (Wildman–Crippen MR) is 261 cm³/mol. The molecule has 0 aliphatic rings. The number of hydrogen-bond acceptors (Lipinski definition) is 2. The Morgan fingerprint density at radius 3 is 1.56 bits per heavy atom. The Bertz CT molecular complexity index is 3250. The van der Waals surface area contributed by atoms with Crippen molar-refractivity contribution in [1.29, 1.82) is 0 Å². The maximum Gasteiger partial charge on any atom is 0.143 e. The summed E-state index contributed by atoms with van der Waals surface area (Å²) < 4.78 is 6.49. The molecule has 1 heterocycles. The second-order valence-corrected chi connectivity index (χ2v) is 15.3. The van der Waals surface area contributed by atoms with Gasteiger partial charge in [0, 0.05) is 38.8 Å². The smallest absolute Gasteiger partial charge is 0.143 e. The maximum absolute atomic E-state index is 6.49. The van der Waals surface area contributed by atoms with Gasteiger partial charge in [0.25, 0.3) is 0 Å². The van der Waals surface area contributed by atoms with E-state index in [1.807, 2.05) is 19.1 Å². The minimum Gasteiger partial charge on any atom is -0.455 e.